The van der Waals surface area contributed by atoms with E-state index in [1.54, 1.807) is 18.2 Å². The molecule has 150 valence electrons. The van der Waals surface area contributed by atoms with Gasteiger partial charge in [0, 0.05) is 6.42 Å². The predicted octanol–water partition coefficient (Wildman–Crippen LogP) is 4.88. The van der Waals surface area contributed by atoms with Gasteiger partial charge in [-0.05, 0) is 72.6 Å². The maximum absolute atomic E-state index is 13.0. The molecule has 0 aliphatic rings. The molecule has 0 fully saturated rings. The van der Waals surface area contributed by atoms with Gasteiger partial charge >= 0.3 is 0 Å². The first-order valence-corrected chi connectivity index (χ1v) is 9.26. The number of aryl methyl sites for hydroxylation is 1. The number of amides is 1. The van der Waals surface area contributed by atoms with Crippen LogP contribution in [0.25, 0.3) is 0 Å². The molecule has 0 atom stereocenters. The van der Waals surface area contributed by atoms with Crippen LogP contribution in [0.1, 0.15) is 12.0 Å². The summed E-state index contributed by atoms with van der Waals surface area (Å²) < 4.78 is 36.9. The molecule has 0 aliphatic heterocycles. The number of carbonyl (C=O) groups is 1. The molecule has 0 saturated heterocycles. The zero-order valence-electron chi connectivity index (χ0n) is 15.7. The zero-order chi connectivity index (χ0) is 20.5. The minimum absolute atomic E-state index is 0.0856. The normalized spacial score (nSPS) is 10.4. The molecule has 3 aromatic rings. The zero-order valence-corrected chi connectivity index (χ0v) is 15.7. The van der Waals surface area contributed by atoms with Gasteiger partial charge in [-0.3, -0.25) is 4.79 Å². The lowest BCUT2D eigenvalue weighted by Crippen LogP contribution is -2.28. The molecule has 0 saturated carbocycles. The molecular weight excluding hydrogens is 376 g/mol. The fourth-order valence-electron chi connectivity index (χ4n) is 2.64. The maximum atomic E-state index is 13.0. The second kappa shape index (κ2) is 10.2. The topological polar surface area (TPSA) is 47.6 Å². The van der Waals surface area contributed by atoms with Crippen LogP contribution >= 0.6 is 0 Å². The third-order valence-corrected chi connectivity index (χ3v) is 4.10. The number of rotatable bonds is 9. The lowest BCUT2D eigenvalue weighted by Gasteiger charge is -2.09. The quantitative estimate of drug-likeness (QED) is 0.523. The van der Waals surface area contributed by atoms with Crippen molar-refractivity contribution in [3.05, 3.63) is 90.0 Å². The number of hydrogen-bond acceptors (Lipinski definition) is 3. The van der Waals surface area contributed by atoms with E-state index in [-0.39, 0.29) is 17.5 Å². The van der Waals surface area contributed by atoms with Gasteiger partial charge in [-0.15, -0.1) is 0 Å². The number of carbonyl (C=O) groups excluding carboxylic acids is 1. The Kier molecular flexibility index (Phi) is 7.16. The van der Waals surface area contributed by atoms with Crippen molar-refractivity contribution in [3.8, 4) is 17.2 Å². The van der Waals surface area contributed by atoms with Crippen molar-refractivity contribution in [2.24, 2.45) is 0 Å². The van der Waals surface area contributed by atoms with Crippen molar-refractivity contribution in [1.82, 2.24) is 5.32 Å². The molecule has 3 rings (SSSR count). The summed E-state index contributed by atoms with van der Waals surface area (Å²) in [4.78, 5) is 12.0. The summed E-state index contributed by atoms with van der Waals surface area (Å²) in [6.45, 7) is 0.669. The molecule has 29 heavy (non-hydrogen) atoms. The van der Waals surface area contributed by atoms with E-state index in [1.165, 1.54) is 36.4 Å². The fourth-order valence-corrected chi connectivity index (χ4v) is 2.64. The van der Waals surface area contributed by atoms with Crippen molar-refractivity contribution in [2.45, 2.75) is 12.8 Å². The van der Waals surface area contributed by atoms with Crippen molar-refractivity contribution in [1.29, 1.82) is 0 Å². The average molecular weight is 397 g/mol. The van der Waals surface area contributed by atoms with E-state index in [0.717, 1.165) is 5.56 Å². The molecule has 1 amide bonds. The van der Waals surface area contributed by atoms with Crippen molar-refractivity contribution >= 4 is 5.91 Å². The highest BCUT2D eigenvalue weighted by Crippen LogP contribution is 2.23. The Balaban J connectivity index is 1.39. The van der Waals surface area contributed by atoms with E-state index >= 15 is 0 Å². The second-order valence-electron chi connectivity index (χ2n) is 6.36. The minimum atomic E-state index is -0.321. The van der Waals surface area contributed by atoms with E-state index in [9.17, 15) is 13.6 Å². The van der Waals surface area contributed by atoms with Crippen molar-refractivity contribution in [2.75, 3.05) is 13.2 Å². The smallest absolute Gasteiger partial charge is 0.220 e. The standard InChI is InChI=1S/C23H21F2NO3/c24-18-5-9-20(10-6-18)28-15-14-26-23(27)13-4-17-2-1-3-22(16-17)29-21-11-7-19(25)8-12-21/h1-3,5-12,16H,4,13-15H2,(H,26,27). The molecule has 0 heterocycles. The molecule has 6 heteroatoms. The van der Waals surface area contributed by atoms with Gasteiger partial charge in [0.15, 0.2) is 0 Å². The molecular formula is C23H21F2NO3. The summed E-state index contributed by atoms with van der Waals surface area (Å²) in [6.07, 6.45) is 0.891. The van der Waals surface area contributed by atoms with E-state index in [4.69, 9.17) is 9.47 Å². The van der Waals surface area contributed by atoms with Crippen molar-refractivity contribution in [3.63, 3.8) is 0 Å². The predicted molar refractivity (Wildman–Crippen MR) is 106 cm³/mol. The van der Waals surface area contributed by atoms with E-state index in [2.05, 4.69) is 5.32 Å². The lowest BCUT2D eigenvalue weighted by molar-refractivity contribution is -0.121. The van der Waals surface area contributed by atoms with Gasteiger partial charge in [0.2, 0.25) is 5.91 Å². The van der Waals surface area contributed by atoms with Crippen LogP contribution < -0.4 is 14.8 Å². The summed E-state index contributed by atoms with van der Waals surface area (Å²) in [6, 6.07) is 18.9. The number of halogens is 2. The highest BCUT2D eigenvalue weighted by molar-refractivity contribution is 5.76. The van der Waals surface area contributed by atoms with Gasteiger partial charge in [0.25, 0.3) is 0 Å². The Bertz CT molecular complexity index is 928. The van der Waals surface area contributed by atoms with Crippen LogP contribution in [0.5, 0.6) is 17.2 Å². The highest BCUT2D eigenvalue weighted by Gasteiger charge is 2.04. The molecule has 0 aromatic heterocycles. The molecule has 0 unspecified atom stereocenters. The Morgan fingerprint density at radius 2 is 1.48 bits per heavy atom. The summed E-state index contributed by atoms with van der Waals surface area (Å²) in [5, 5.41) is 2.79. The van der Waals surface area contributed by atoms with Gasteiger partial charge in [0.1, 0.15) is 35.5 Å². The average Bonchev–Trinajstić information content (AvgIpc) is 2.73. The van der Waals surface area contributed by atoms with Crippen LogP contribution in [0.2, 0.25) is 0 Å². The van der Waals surface area contributed by atoms with Gasteiger partial charge in [0.05, 0.1) is 6.54 Å². The molecule has 4 nitrogen and oxygen atoms in total. The first kappa shape index (κ1) is 20.3. The van der Waals surface area contributed by atoms with Crippen molar-refractivity contribution < 1.29 is 23.0 Å². The number of nitrogens with one attached hydrogen (secondary N) is 1. The molecule has 0 bridgehead atoms. The Morgan fingerprint density at radius 3 is 2.17 bits per heavy atom. The van der Waals surface area contributed by atoms with Crippen LogP contribution in [-0.4, -0.2) is 19.1 Å². The molecule has 0 aliphatic carbocycles. The lowest BCUT2D eigenvalue weighted by atomic mass is 10.1. The van der Waals surface area contributed by atoms with Crippen LogP contribution in [-0.2, 0) is 11.2 Å². The maximum Gasteiger partial charge on any atom is 0.220 e. The van der Waals surface area contributed by atoms with Gasteiger partial charge in [-0.1, -0.05) is 12.1 Å². The van der Waals surface area contributed by atoms with Gasteiger partial charge < -0.3 is 14.8 Å². The number of hydrogen-bond donors (Lipinski definition) is 1. The second-order valence-corrected chi connectivity index (χ2v) is 6.36. The third-order valence-electron chi connectivity index (χ3n) is 4.10. The van der Waals surface area contributed by atoms with Crippen LogP contribution in [0.4, 0.5) is 8.78 Å². The van der Waals surface area contributed by atoms with Gasteiger partial charge in [-0.2, -0.15) is 0 Å². The summed E-state index contributed by atoms with van der Waals surface area (Å²) >= 11 is 0. The first-order valence-electron chi connectivity index (χ1n) is 9.26. The number of benzene rings is 3. The summed E-state index contributed by atoms with van der Waals surface area (Å²) in [5.74, 6) is 0.999. The highest BCUT2D eigenvalue weighted by atomic mass is 19.1. The fraction of sp³-hybridized carbons (Fsp3) is 0.174. The minimum Gasteiger partial charge on any atom is -0.492 e. The van der Waals surface area contributed by atoms with Gasteiger partial charge in [-0.25, -0.2) is 8.78 Å². The summed E-state index contributed by atoms with van der Waals surface area (Å²) in [5.41, 5.74) is 0.960. The Morgan fingerprint density at radius 1 is 0.828 bits per heavy atom. The third kappa shape index (κ3) is 6.92. The molecule has 0 radical (unpaired) electrons. The Labute approximate surface area is 168 Å². The SMILES string of the molecule is O=C(CCc1cccc(Oc2ccc(F)cc2)c1)NCCOc1ccc(F)cc1. The molecule has 1 N–H and O–H groups in total. The van der Waals surface area contributed by atoms with Crippen LogP contribution in [0, 0.1) is 11.6 Å². The Hall–Kier alpha value is -3.41. The van der Waals surface area contributed by atoms with Crippen LogP contribution in [0.15, 0.2) is 72.8 Å². The van der Waals surface area contributed by atoms with E-state index in [1.807, 2.05) is 18.2 Å². The molecule has 0 spiro atoms. The monoisotopic (exact) mass is 397 g/mol. The van der Waals surface area contributed by atoms with E-state index < -0.39 is 0 Å². The van der Waals surface area contributed by atoms with Crippen LogP contribution in [0.3, 0.4) is 0 Å². The number of ether oxygens (including phenoxy) is 2. The summed E-state index contributed by atoms with van der Waals surface area (Å²) in [7, 11) is 0. The first-order chi connectivity index (χ1) is 14.1. The largest absolute Gasteiger partial charge is 0.492 e. The molecule has 3 aromatic carbocycles. The van der Waals surface area contributed by atoms with E-state index in [0.29, 0.717) is 43.2 Å².